The van der Waals surface area contributed by atoms with E-state index in [2.05, 4.69) is 50.6 Å². The summed E-state index contributed by atoms with van der Waals surface area (Å²) in [6, 6.07) is 16.5. The quantitative estimate of drug-likeness (QED) is 0.0603. The molecule has 0 radical (unpaired) electrons. The van der Waals surface area contributed by atoms with Crippen LogP contribution >= 0.6 is 0 Å². The molecule has 63 heavy (non-hydrogen) atoms. The highest BCUT2D eigenvalue weighted by molar-refractivity contribution is 5.93. The molecule has 346 valence electrons. The maximum Gasteiger partial charge on any atom is 0.408 e. The zero-order valence-corrected chi connectivity index (χ0v) is 40.0. The molecule has 0 saturated carbocycles. The summed E-state index contributed by atoms with van der Waals surface area (Å²) in [7, 11) is 0. The van der Waals surface area contributed by atoms with Crippen LogP contribution in [0.15, 0.2) is 60.7 Å². The summed E-state index contributed by atoms with van der Waals surface area (Å²) in [6.07, 6.45) is 12.4. The van der Waals surface area contributed by atoms with Gasteiger partial charge in [0.1, 0.15) is 42.3 Å². The van der Waals surface area contributed by atoms with Gasteiger partial charge in [0.2, 0.25) is 11.8 Å². The van der Waals surface area contributed by atoms with Gasteiger partial charge in [-0.15, -0.1) is 0 Å². The lowest BCUT2D eigenvalue weighted by molar-refractivity contribution is -0.136. The number of esters is 1. The van der Waals surface area contributed by atoms with Gasteiger partial charge in [-0.2, -0.15) is 0 Å². The maximum absolute atomic E-state index is 13.7. The molecule has 10 nitrogen and oxygen atoms in total. The van der Waals surface area contributed by atoms with E-state index >= 15 is 0 Å². The minimum atomic E-state index is -1.04. The molecule has 3 aromatic rings. The summed E-state index contributed by atoms with van der Waals surface area (Å²) < 4.78 is 18.2. The molecular formula is C53H77N3O7. The Kier molecular flexibility index (Phi) is 20.0. The second-order valence-corrected chi connectivity index (χ2v) is 19.3. The second-order valence-electron chi connectivity index (χ2n) is 19.3. The van der Waals surface area contributed by atoms with Crippen LogP contribution < -0.4 is 25.4 Å². The van der Waals surface area contributed by atoms with Crippen LogP contribution in [0, 0.1) is 44.4 Å². The second kappa shape index (κ2) is 24.8. The number of alkyl carbamates (subject to hydrolysis) is 1. The molecule has 0 saturated heterocycles. The fourth-order valence-electron chi connectivity index (χ4n) is 8.59. The molecule has 1 heterocycles. The zero-order valence-electron chi connectivity index (χ0n) is 40.0. The third-order valence-electron chi connectivity index (χ3n) is 12.8. The van der Waals surface area contributed by atoms with Crippen molar-refractivity contribution in [3.63, 3.8) is 0 Å². The highest BCUT2D eigenvalue weighted by atomic mass is 16.5. The highest BCUT2D eigenvalue weighted by Crippen LogP contribution is 2.45. The highest BCUT2D eigenvalue weighted by Gasteiger charge is 2.35. The van der Waals surface area contributed by atoms with Crippen molar-refractivity contribution in [2.45, 2.75) is 171 Å². The first-order valence-electron chi connectivity index (χ1n) is 23.6. The van der Waals surface area contributed by atoms with Gasteiger partial charge in [0.25, 0.3) is 0 Å². The van der Waals surface area contributed by atoms with E-state index in [1.165, 1.54) is 44.9 Å². The Morgan fingerprint density at radius 1 is 0.714 bits per heavy atom. The Hall–Kier alpha value is -4.86. The number of carbonyl (C=O) groups is 4. The summed E-state index contributed by atoms with van der Waals surface area (Å²) in [5, 5.41) is 8.16. The van der Waals surface area contributed by atoms with E-state index < -0.39 is 42.5 Å². The van der Waals surface area contributed by atoms with Gasteiger partial charge in [0.15, 0.2) is 0 Å². The molecule has 0 aliphatic carbocycles. The van der Waals surface area contributed by atoms with Crippen molar-refractivity contribution in [3.05, 3.63) is 94.0 Å². The van der Waals surface area contributed by atoms with Crippen molar-refractivity contribution >= 4 is 23.9 Å². The number of amides is 3. The van der Waals surface area contributed by atoms with Crippen LogP contribution in [-0.2, 0) is 38.6 Å². The van der Waals surface area contributed by atoms with Crippen molar-refractivity contribution < 1.29 is 33.4 Å². The lowest BCUT2D eigenvalue weighted by atomic mass is 9.83. The van der Waals surface area contributed by atoms with Gasteiger partial charge in [-0.05, 0) is 105 Å². The monoisotopic (exact) mass is 868 g/mol. The average Bonchev–Trinajstić information content (AvgIpc) is 3.24. The molecule has 0 bridgehead atoms. The molecule has 5 atom stereocenters. The number of benzene rings is 3. The third kappa shape index (κ3) is 16.3. The molecular weight excluding hydrogens is 791 g/mol. The molecule has 3 aromatic carbocycles. The summed E-state index contributed by atoms with van der Waals surface area (Å²) in [5.41, 5.74) is 5.06. The minimum absolute atomic E-state index is 0.0454. The van der Waals surface area contributed by atoms with E-state index in [-0.39, 0.29) is 24.5 Å². The normalized spacial score (nSPS) is 16.6. The smallest absolute Gasteiger partial charge is 0.408 e. The van der Waals surface area contributed by atoms with E-state index in [4.69, 9.17) is 14.2 Å². The van der Waals surface area contributed by atoms with Gasteiger partial charge in [-0.25, -0.2) is 9.59 Å². The fourth-order valence-corrected chi connectivity index (χ4v) is 8.59. The van der Waals surface area contributed by atoms with Gasteiger partial charge < -0.3 is 30.2 Å². The summed E-state index contributed by atoms with van der Waals surface area (Å²) in [6.45, 7) is 20.8. The van der Waals surface area contributed by atoms with Crippen LogP contribution in [0.1, 0.15) is 146 Å². The third-order valence-corrected chi connectivity index (χ3v) is 12.8. The van der Waals surface area contributed by atoms with E-state index in [1.807, 2.05) is 81.4 Å². The number of rotatable bonds is 24. The first-order valence-corrected chi connectivity index (χ1v) is 23.6. The van der Waals surface area contributed by atoms with Gasteiger partial charge in [-0.1, -0.05) is 147 Å². The predicted molar refractivity (Wildman–Crippen MR) is 252 cm³/mol. The molecule has 0 spiro atoms. The first kappa shape index (κ1) is 50.8. The molecule has 0 aromatic heterocycles. The van der Waals surface area contributed by atoms with E-state index in [1.54, 1.807) is 13.8 Å². The zero-order chi connectivity index (χ0) is 46.1. The summed E-state index contributed by atoms with van der Waals surface area (Å²) in [4.78, 5) is 53.5. The van der Waals surface area contributed by atoms with E-state index in [9.17, 15) is 19.2 Å². The van der Waals surface area contributed by atoms with Crippen molar-refractivity contribution in [1.82, 2.24) is 16.0 Å². The SMILES string of the molecule is Cc1c(C)c2c(c(C)c1OC(=O)CNC(=O)[C@H](Cc1ccccc1)NC(=O)[C@@H](NC(=O)OCc1ccccc1)C(C)C)CC[C@](C)(CCC[C@@H](C)CCC[C@@H](C)CCCC(C)C)O2. The van der Waals surface area contributed by atoms with Crippen molar-refractivity contribution in [2.75, 3.05) is 6.54 Å². The maximum atomic E-state index is 13.7. The lowest BCUT2D eigenvalue weighted by Gasteiger charge is -2.38. The molecule has 3 N–H and O–H groups in total. The van der Waals surface area contributed by atoms with Crippen LogP contribution in [0.5, 0.6) is 11.5 Å². The number of hydrogen-bond acceptors (Lipinski definition) is 7. The number of fused-ring (bicyclic) bond motifs is 1. The molecule has 0 unspecified atom stereocenters. The summed E-state index contributed by atoms with van der Waals surface area (Å²) >= 11 is 0. The lowest BCUT2D eigenvalue weighted by Crippen LogP contribution is -2.56. The predicted octanol–water partition coefficient (Wildman–Crippen LogP) is 10.8. The molecule has 0 fully saturated rings. The number of nitrogens with one attached hydrogen (secondary N) is 3. The molecule has 1 aliphatic heterocycles. The van der Waals surface area contributed by atoms with Crippen molar-refractivity contribution in [3.8, 4) is 11.5 Å². The Morgan fingerprint density at radius 3 is 1.90 bits per heavy atom. The Morgan fingerprint density at radius 2 is 1.30 bits per heavy atom. The first-order chi connectivity index (χ1) is 30.0. The minimum Gasteiger partial charge on any atom is -0.487 e. The topological polar surface area (TPSA) is 132 Å². The average molecular weight is 868 g/mol. The molecule has 10 heteroatoms. The van der Waals surface area contributed by atoms with Crippen LogP contribution in [0.3, 0.4) is 0 Å². The Labute approximate surface area is 378 Å². The molecule has 3 amide bonds. The number of ether oxygens (including phenoxy) is 3. The van der Waals surface area contributed by atoms with E-state index in [0.717, 1.165) is 76.6 Å². The van der Waals surface area contributed by atoms with Crippen LogP contribution in [-0.4, -0.2) is 48.1 Å². The van der Waals surface area contributed by atoms with Crippen LogP contribution in [0.25, 0.3) is 0 Å². The molecule has 1 aliphatic rings. The van der Waals surface area contributed by atoms with Crippen molar-refractivity contribution in [1.29, 1.82) is 0 Å². The van der Waals surface area contributed by atoms with Gasteiger partial charge in [0.05, 0.1) is 0 Å². The fraction of sp³-hybridized carbons (Fsp3) is 0.585. The van der Waals surface area contributed by atoms with Gasteiger partial charge >= 0.3 is 12.1 Å². The van der Waals surface area contributed by atoms with Gasteiger partial charge in [-0.3, -0.25) is 9.59 Å². The van der Waals surface area contributed by atoms with Crippen molar-refractivity contribution in [2.24, 2.45) is 23.7 Å². The molecule has 4 rings (SSSR count). The van der Waals surface area contributed by atoms with Crippen LogP contribution in [0.4, 0.5) is 4.79 Å². The largest absolute Gasteiger partial charge is 0.487 e. The number of carbonyl (C=O) groups excluding carboxylic acids is 4. The van der Waals surface area contributed by atoms with E-state index in [0.29, 0.717) is 11.7 Å². The summed E-state index contributed by atoms with van der Waals surface area (Å²) in [5.74, 6) is 1.64. The number of hydrogen-bond donors (Lipinski definition) is 3. The van der Waals surface area contributed by atoms with Gasteiger partial charge in [0, 0.05) is 12.0 Å². The van der Waals surface area contributed by atoms with Crippen LogP contribution in [0.2, 0.25) is 0 Å². The standard InChI is InChI=1S/C53H77N3O7/c1-35(2)20-17-21-37(5)22-18-23-38(6)24-19-30-53(10)31-29-44-41(9)48(39(7)40(8)49(44)63-53)62-46(57)33-54-50(58)45(32-42-25-13-11-14-26-42)55-51(59)47(36(3)4)56-52(60)61-34-43-27-15-12-16-28-43/h11-16,25-28,35-38,45,47H,17-24,29-34H2,1-10H3,(H,54,58)(H,55,59)(H,56,60)/t37-,38-,45-,47-,53-/m0/s1. The Bertz CT molecular complexity index is 1930. The Balaban J connectivity index is 1.32.